The Hall–Kier alpha value is -0.630. The first-order chi connectivity index (χ1) is 4.33. The van der Waals surface area contributed by atoms with Crippen molar-refractivity contribution in [3.63, 3.8) is 0 Å². The van der Waals surface area contributed by atoms with E-state index in [2.05, 4.69) is 0 Å². The third kappa shape index (κ3) is 1.64. The molecule has 0 saturated heterocycles. The molecule has 1 aliphatic heterocycles. The van der Waals surface area contributed by atoms with Gasteiger partial charge in [0, 0.05) is 6.42 Å². The first-order valence-electron chi connectivity index (χ1n) is 3.05. The standard InChI is InChI=1S/C7H10O2/c1-6-2-3-9-7(4-6)5-8/h2,5,7H,3-4H2,1H3. The minimum atomic E-state index is -0.185. The van der Waals surface area contributed by atoms with Gasteiger partial charge in [0.05, 0.1) is 6.61 Å². The third-order valence-electron chi connectivity index (χ3n) is 1.42. The highest BCUT2D eigenvalue weighted by Crippen LogP contribution is 2.11. The van der Waals surface area contributed by atoms with Crippen molar-refractivity contribution in [3.05, 3.63) is 11.6 Å². The molecule has 2 nitrogen and oxygen atoms in total. The van der Waals surface area contributed by atoms with E-state index in [1.807, 2.05) is 13.0 Å². The van der Waals surface area contributed by atoms with Crippen molar-refractivity contribution in [2.24, 2.45) is 0 Å². The summed E-state index contributed by atoms with van der Waals surface area (Å²) < 4.78 is 5.05. The van der Waals surface area contributed by atoms with E-state index in [9.17, 15) is 4.79 Å². The van der Waals surface area contributed by atoms with Gasteiger partial charge in [0.2, 0.25) is 0 Å². The molecule has 50 valence electrons. The monoisotopic (exact) mass is 126 g/mol. The Labute approximate surface area is 54.5 Å². The maximum atomic E-state index is 10.2. The summed E-state index contributed by atoms with van der Waals surface area (Å²) in [5.74, 6) is 0. The van der Waals surface area contributed by atoms with E-state index in [1.54, 1.807) is 0 Å². The predicted molar refractivity (Wildman–Crippen MR) is 34.2 cm³/mol. The molecule has 0 aromatic heterocycles. The molecule has 0 aliphatic carbocycles. The normalized spacial score (nSPS) is 27.2. The van der Waals surface area contributed by atoms with Crippen LogP contribution >= 0.6 is 0 Å². The summed E-state index contributed by atoms with van der Waals surface area (Å²) in [6.07, 6.45) is 3.44. The molecule has 0 amide bonds. The average Bonchev–Trinajstić information content (AvgIpc) is 1.88. The molecule has 1 aliphatic rings. The van der Waals surface area contributed by atoms with E-state index in [0.717, 1.165) is 12.7 Å². The summed E-state index contributed by atoms with van der Waals surface area (Å²) >= 11 is 0. The number of aldehydes is 1. The van der Waals surface area contributed by atoms with Gasteiger partial charge in [-0.3, -0.25) is 0 Å². The zero-order valence-electron chi connectivity index (χ0n) is 5.46. The smallest absolute Gasteiger partial charge is 0.149 e. The third-order valence-corrected chi connectivity index (χ3v) is 1.42. The van der Waals surface area contributed by atoms with E-state index in [1.165, 1.54) is 5.57 Å². The molecule has 9 heavy (non-hydrogen) atoms. The summed E-state index contributed by atoms with van der Waals surface area (Å²) in [5.41, 5.74) is 1.25. The number of rotatable bonds is 1. The van der Waals surface area contributed by atoms with Crippen LogP contribution in [0.25, 0.3) is 0 Å². The minimum absolute atomic E-state index is 0.185. The summed E-state index contributed by atoms with van der Waals surface area (Å²) in [4.78, 5) is 10.2. The Kier molecular flexibility index (Phi) is 2.01. The van der Waals surface area contributed by atoms with Gasteiger partial charge in [0.15, 0.2) is 0 Å². The van der Waals surface area contributed by atoms with Crippen molar-refractivity contribution in [2.45, 2.75) is 19.4 Å². The number of ether oxygens (including phenoxy) is 1. The van der Waals surface area contributed by atoms with E-state index >= 15 is 0 Å². The van der Waals surface area contributed by atoms with E-state index in [0.29, 0.717) is 6.61 Å². The van der Waals surface area contributed by atoms with Crippen LogP contribution in [-0.4, -0.2) is 19.0 Å². The maximum Gasteiger partial charge on any atom is 0.149 e. The Morgan fingerprint density at radius 3 is 3.11 bits per heavy atom. The van der Waals surface area contributed by atoms with Crippen LogP contribution in [0.3, 0.4) is 0 Å². The molecular formula is C7H10O2. The molecule has 1 heterocycles. The van der Waals surface area contributed by atoms with Crippen molar-refractivity contribution in [3.8, 4) is 0 Å². The Balaban J connectivity index is 2.48. The summed E-state index contributed by atoms with van der Waals surface area (Å²) in [7, 11) is 0. The molecule has 0 saturated carbocycles. The van der Waals surface area contributed by atoms with E-state index in [-0.39, 0.29) is 6.10 Å². The second kappa shape index (κ2) is 2.78. The average molecular weight is 126 g/mol. The number of hydrogen-bond acceptors (Lipinski definition) is 2. The highest BCUT2D eigenvalue weighted by molar-refractivity contribution is 5.57. The number of carbonyl (C=O) groups is 1. The predicted octanol–water partition coefficient (Wildman–Crippen LogP) is 0.920. The quantitative estimate of drug-likeness (QED) is 0.386. The molecular weight excluding hydrogens is 116 g/mol. The number of carbonyl (C=O) groups excluding carboxylic acids is 1. The lowest BCUT2D eigenvalue weighted by atomic mass is 10.1. The minimum Gasteiger partial charge on any atom is -0.366 e. The van der Waals surface area contributed by atoms with Crippen LogP contribution in [-0.2, 0) is 9.53 Å². The fraction of sp³-hybridized carbons (Fsp3) is 0.571. The van der Waals surface area contributed by atoms with Gasteiger partial charge in [0.25, 0.3) is 0 Å². The van der Waals surface area contributed by atoms with Crippen molar-refractivity contribution < 1.29 is 9.53 Å². The second-order valence-corrected chi connectivity index (χ2v) is 2.26. The van der Waals surface area contributed by atoms with Crippen molar-refractivity contribution >= 4 is 6.29 Å². The van der Waals surface area contributed by atoms with Crippen LogP contribution < -0.4 is 0 Å². The van der Waals surface area contributed by atoms with Gasteiger partial charge in [0.1, 0.15) is 12.4 Å². The van der Waals surface area contributed by atoms with Gasteiger partial charge in [-0.05, 0) is 6.92 Å². The molecule has 1 unspecified atom stereocenters. The van der Waals surface area contributed by atoms with Crippen molar-refractivity contribution in [1.82, 2.24) is 0 Å². The molecule has 1 atom stereocenters. The van der Waals surface area contributed by atoms with Crippen LogP contribution in [0.1, 0.15) is 13.3 Å². The van der Waals surface area contributed by atoms with Crippen LogP contribution in [0.4, 0.5) is 0 Å². The summed E-state index contributed by atoms with van der Waals surface area (Å²) in [6.45, 7) is 2.61. The maximum absolute atomic E-state index is 10.2. The molecule has 0 fully saturated rings. The topological polar surface area (TPSA) is 26.3 Å². The molecule has 2 heteroatoms. The lowest BCUT2D eigenvalue weighted by molar-refractivity contribution is -0.117. The van der Waals surface area contributed by atoms with Gasteiger partial charge < -0.3 is 9.53 Å². The molecule has 0 N–H and O–H groups in total. The van der Waals surface area contributed by atoms with Gasteiger partial charge in [-0.25, -0.2) is 0 Å². The first kappa shape index (κ1) is 6.49. The molecule has 0 radical (unpaired) electrons. The zero-order valence-corrected chi connectivity index (χ0v) is 5.46. The largest absolute Gasteiger partial charge is 0.366 e. The Morgan fingerprint density at radius 1 is 1.89 bits per heavy atom. The second-order valence-electron chi connectivity index (χ2n) is 2.26. The van der Waals surface area contributed by atoms with E-state index in [4.69, 9.17) is 4.74 Å². The van der Waals surface area contributed by atoms with Gasteiger partial charge in [-0.1, -0.05) is 11.6 Å². The Bertz CT molecular complexity index is 138. The van der Waals surface area contributed by atoms with Crippen LogP contribution in [0.15, 0.2) is 11.6 Å². The van der Waals surface area contributed by atoms with E-state index < -0.39 is 0 Å². The SMILES string of the molecule is CC1=CCOC(C=O)C1. The van der Waals surface area contributed by atoms with Crippen molar-refractivity contribution in [1.29, 1.82) is 0 Å². The number of hydrogen-bond donors (Lipinski definition) is 0. The fourth-order valence-electron chi connectivity index (χ4n) is 0.861. The van der Waals surface area contributed by atoms with Gasteiger partial charge >= 0.3 is 0 Å². The highest BCUT2D eigenvalue weighted by Gasteiger charge is 2.10. The summed E-state index contributed by atoms with van der Waals surface area (Å²) in [5, 5.41) is 0. The Morgan fingerprint density at radius 2 is 2.67 bits per heavy atom. The summed E-state index contributed by atoms with van der Waals surface area (Å²) in [6, 6.07) is 0. The molecule has 0 spiro atoms. The highest BCUT2D eigenvalue weighted by atomic mass is 16.5. The molecule has 0 aromatic rings. The van der Waals surface area contributed by atoms with Crippen LogP contribution in [0.2, 0.25) is 0 Å². The van der Waals surface area contributed by atoms with Crippen LogP contribution in [0.5, 0.6) is 0 Å². The van der Waals surface area contributed by atoms with Gasteiger partial charge in [-0.2, -0.15) is 0 Å². The lowest BCUT2D eigenvalue weighted by Crippen LogP contribution is -2.18. The van der Waals surface area contributed by atoms with Crippen LogP contribution in [0, 0.1) is 0 Å². The lowest BCUT2D eigenvalue weighted by Gasteiger charge is -2.15. The van der Waals surface area contributed by atoms with Gasteiger partial charge in [-0.15, -0.1) is 0 Å². The molecule has 1 rings (SSSR count). The molecule has 0 bridgehead atoms. The van der Waals surface area contributed by atoms with Crippen molar-refractivity contribution in [2.75, 3.05) is 6.61 Å². The first-order valence-corrected chi connectivity index (χ1v) is 3.05. The zero-order chi connectivity index (χ0) is 6.69. The fourth-order valence-corrected chi connectivity index (χ4v) is 0.861. The molecule has 0 aromatic carbocycles.